The molecule has 2 atom stereocenters. The van der Waals surface area contributed by atoms with Gasteiger partial charge < -0.3 is 32.4 Å². The third kappa shape index (κ3) is 9.79. The van der Waals surface area contributed by atoms with Crippen LogP contribution >= 0.6 is 0 Å². The van der Waals surface area contributed by atoms with Crippen molar-refractivity contribution in [3.05, 3.63) is 12.2 Å². The van der Waals surface area contributed by atoms with Gasteiger partial charge in [0, 0.05) is 12.2 Å². The normalized spacial score (nSPS) is 13.3. The lowest BCUT2D eigenvalue weighted by molar-refractivity contribution is -0.160. The Morgan fingerprint density at radius 1 is 0.750 bits per heavy atom. The van der Waals surface area contributed by atoms with Gasteiger partial charge >= 0.3 is 23.9 Å². The maximum Gasteiger partial charge on any atom is 0.338 e. The fourth-order valence-corrected chi connectivity index (χ4v) is 1.47. The second kappa shape index (κ2) is 12.3. The number of rotatable bonds is 10. The molecule has 0 amide bonds. The molecule has 0 spiro atoms. The molecule has 0 bridgehead atoms. The molecule has 0 saturated carbocycles. The molecular formula is C14H24N4O6. The standard InChI is InChI=1S/C14H24N4O6/c15-7-1-3-9(17)13(21)23-11(19)5-6-12(20)24-14(22)10(18)4-2-8-16/h5-6,9-10H,1-4,7-8,15-18H2/b6-5+/t9-,10-/m1/s1. The number of hydrogen-bond acceptors (Lipinski definition) is 10. The number of carbonyl (C=O) groups is 4. The van der Waals surface area contributed by atoms with Crippen LogP contribution in [-0.2, 0) is 28.7 Å². The lowest BCUT2D eigenvalue weighted by atomic mass is 10.2. The average Bonchev–Trinajstić information content (AvgIpc) is 2.55. The number of nitrogens with two attached hydrogens (primary N) is 4. The van der Waals surface area contributed by atoms with Gasteiger partial charge in [0.25, 0.3) is 0 Å². The van der Waals surface area contributed by atoms with Crippen LogP contribution in [0.15, 0.2) is 12.2 Å². The Morgan fingerprint density at radius 2 is 1.08 bits per heavy atom. The lowest BCUT2D eigenvalue weighted by Crippen LogP contribution is -2.34. The van der Waals surface area contributed by atoms with Gasteiger partial charge in [-0.05, 0) is 38.8 Å². The summed E-state index contributed by atoms with van der Waals surface area (Å²) in [5, 5.41) is 0. The highest BCUT2D eigenvalue weighted by Gasteiger charge is 2.19. The van der Waals surface area contributed by atoms with Crippen LogP contribution in [-0.4, -0.2) is 49.1 Å². The number of hydrogen-bond donors (Lipinski definition) is 4. The van der Waals surface area contributed by atoms with Crippen molar-refractivity contribution >= 4 is 23.9 Å². The molecule has 10 heteroatoms. The zero-order valence-corrected chi connectivity index (χ0v) is 13.3. The van der Waals surface area contributed by atoms with Gasteiger partial charge in [0.15, 0.2) is 0 Å². The first-order valence-corrected chi connectivity index (χ1v) is 7.42. The topological polar surface area (TPSA) is 191 Å². The molecule has 0 aromatic heterocycles. The third-order valence-electron chi connectivity index (χ3n) is 2.80. The summed E-state index contributed by atoms with van der Waals surface area (Å²) >= 11 is 0. The summed E-state index contributed by atoms with van der Waals surface area (Å²) in [4.78, 5) is 45.6. The molecule has 0 heterocycles. The molecule has 0 aromatic rings. The smallest absolute Gasteiger partial charge is 0.338 e. The van der Waals surface area contributed by atoms with Crippen molar-refractivity contribution < 1.29 is 28.7 Å². The molecule has 10 nitrogen and oxygen atoms in total. The molecule has 0 saturated heterocycles. The second-order valence-electron chi connectivity index (χ2n) is 4.89. The zero-order valence-electron chi connectivity index (χ0n) is 13.3. The molecule has 0 fully saturated rings. The highest BCUT2D eigenvalue weighted by Crippen LogP contribution is 1.99. The van der Waals surface area contributed by atoms with E-state index in [-0.39, 0.29) is 12.8 Å². The van der Waals surface area contributed by atoms with Crippen LogP contribution in [0.4, 0.5) is 0 Å². The Bertz CT molecular complexity index is 438. The van der Waals surface area contributed by atoms with Crippen LogP contribution in [0.5, 0.6) is 0 Å². The lowest BCUT2D eigenvalue weighted by Gasteiger charge is -2.08. The number of ether oxygens (including phenoxy) is 2. The van der Waals surface area contributed by atoms with Crippen molar-refractivity contribution in [2.45, 2.75) is 37.8 Å². The van der Waals surface area contributed by atoms with E-state index in [1.807, 2.05) is 0 Å². The molecule has 0 unspecified atom stereocenters. The van der Waals surface area contributed by atoms with E-state index in [0.29, 0.717) is 38.1 Å². The molecule has 0 rings (SSSR count). The summed E-state index contributed by atoms with van der Waals surface area (Å²) in [5.74, 6) is -4.10. The molecular weight excluding hydrogens is 320 g/mol. The predicted molar refractivity (Wildman–Crippen MR) is 83.9 cm³/mol. The quantitative estimate of drug-likeness (QED) is 0.192. The maximum atomic E-state index is 11.4. The summed E-state index contributed by atoms with van der Waals surface area (Å²) in [6, 6.07) is -1.97. The fourth-order valence-electron chi connectivity index (χ4n) is 1.47. The minimum Gasteiger partial charge on any atom is -0.389 e. The third-order valence-corrected chi connectivity index (χ3v) is 2.80. The molecule has 136 valence electrons. The SMILES string of the molecule is NCCC[C@@H](N)C(=O)OC(=O)/C=C/C(=O)OC(=O)[C@H](N)CCCN. The predicted octanol–water partition coefficient (Wildman–Crippen LogP) is -2.19. The van der Waals surface area contributed by atoms with E-state index in [9.17, 15) is 19.2 Å². The molecule has 8 N–H and O–H groups in total. The van der Waals surface area contributed by atoms with E-state index in [1.165, 1.54) is 0 Å². The first kappa shape index (κ1) is 21.9. The van der Waals surface area contributed by atoms with Crippen molar-refractivity contribution in [1.82, 2.24) is 0 Å². The molecule has 0 aliphatic carbocycles. The van der Waals surface area contributed by atoms with Gasteiger partial charge in [0.05, 0.1) is 0 Å². The van der Waals surface area contributed by atoms with Crippen molar-refractivity contribution in [2.75, 3.05) is 13.1 Å². The Balaban J connectivity index is 4.27. The Morgan fingerprint density at radius 3 is 1.38 bits per heavy atom. The van der Waals surface area contributed by atoms with Crippen LogP contribution < -0.4 is 22.9 Å². The Hall–Kier alpha value is -2.14. The summed E-state index contributed by atoms with van der Waals surface area (Å²) in [5.41, 5.74) is 21.5. The average molecular weight is 344 g/mol. The van der Waals surface area contributed by atoms with Gasteiger partial charge in [-0.2, -0.15) is 0 Å². The molecule has 0 aliphatic rings. The minimum atomic E-state index is -1.11. The first-order chi connectivity index (χ1) is 11.3. The summed E-state index contributed by atoms with van der Waals surface area (Å²) in [6.45, 7) is 0.699. The van der Waals surface area contributed by atoms with Crippen molar-refractivity contribution in [3.8, 4) is 0 Å². The van der Waals surface area contributed by atoms with Crippen LogP contribution in [0.3, 0.4) is 0 Å². The van der Waals surface area contributed by atoms with Crippen LogP contribution in [0, 0.1) is 0 Å². The van der Waals surface area contributed by atoms with E-state index < -0.39 is 36.0 Å². The molecule has 0 radical (unpaired) electrons. The zero-order chi connectivity index (χ0) is 18.5. The van der Waals surface area contributed by atoms with Crippen molar-refractivity contribution in [2.24, 2.45) is 22.9 Å². The minimum absolute atomic E-state index is 0.267. The van der Waals surface area contributed by atoms with E-state index in [1.54, 1.807) is 0 Å². The number of esters is 4. The second-order valence-corrected chi connectivity index (χ2v) is 4.89. The maximum absolute atomic E-state index is 11.4. The van der Waals surface area contributed by atoms with Gasteiger partial charge in [0.1, 0.15) is 12.1 Å². The fraction of sp³-hybridized carbons (Fsp3) is 0.571. The largest absolute Gasteiger partial charge is 0.389 e. The van der Waals surface area contributed by atoms with Crippen molar-refractivity contribution in [3.63, 3.8) is 0 Å². The monoisotopic (exact) mass is 344 g/mol. The van der Waals surface area contributed by atoms with E-state index in [4.69, 9.17) is 22.9 Å². The summed E-state index contributed by atoms with van der Waals surface area (Å²) in [6.07, 6.45) is 2.83. The highest BCUT2D eigenvalue weighted by molar-refractivity contribution is 6.00. The number of carbonyl (C=O) groups excluding carboxylic acids is 4. The van der Waals surface area contributed by atoms with Gasteiger partial charge in [-0.3, -0.25) is 0 Å². The van der Waals surface area contributed by atoms with E-state index in [0.717, 1.165) is 0 Å². The molecule has 0 aliphatic heterocycles. The molecule has 0 aromatic carbocycles. The van der Waals surface area contributed by atoms with Gasteiger partial charge in [0.2, 0.25) is 0 Å². The Labute approximate surface area is 139 Å². The van der Waals surface area contributed by atoms with Gasteiger partial charge in [-0.1, -0.05) is 0 Å². The van der Waals surface area contributed by atoms with E-state index >= 15 is 0 Å². The van der Waals surface area contributed by atoms with Crippen LogP contribution in [0.2, 0.25) is 0 Å². The Kier molecular flexibility index (Phi) is 11.2. The van der Waals surface area contributed by atoms with Crippen LogP contribution in [0.1, 0.15) is 25.7 Å². The van der Waals surface area contributed by atoms with Gasteiger partial charge in [-0.25, -0.2) is 19.2 Å². The molecule has 24 heavy (non-hydrogen) atoms. The first-order valence-electron chi connectivity index (χ1n) is 7.42. The summed E-state index contributed by atoms with van der Waals surface area (Å²) < 4.78 is 8.81. The van der Waals surface area contributed by atoms with Crippen molar-refractivity contribution in [1.29, 1.82) is 0 Å². The summed E-state index contributed by atoms with van der Waals surface area (Å²) in [7, 11) is 0. The van der Waals surface area contributed by atoms with Crippen LogP contribution in [0.25, 0.3) is 0 Å². The van der Waals surface area contributed by atoms with E-state index in [2.05, 4.69) is 9.47 Å². The van der Waals surface area contributed by atoms with Gasteiger partial charge in [-0.15, -0.1) is 0 Å². The highest BCUT2D eigenvalue weighted by atomic mass is 16.6.